The summed E-state index contributed by atoms with van der Waals surface area (Å²) in [5.41, 5.74) is 0.192. The summed E-state index contributed by atoms with van der Waals surface area (Å²) in [5.74, 6) is -0.450. The molecule has 8 nitrogen and oxygen atoms in total. The molecule has 1 saturated carbocycles. The number of carbonyl (C=O) groups excluding carboxylic acids is 4. The number of fused-ring (bicyclic) bond motifs is 3. The van der Waals surface area contributed by atoms with Gasteiger partial charge in [0.1, 0.15) is 12.2 Å². The van der Waals surface area contributed by atoms with Gasteiger partial charge >= 0.3 is 0 Å². The van der Waals surface area contributed by atoms with Crippen LogP contribution in [0.4, 0.5) is 5.69 Å². The molecule has 0 radical (unpaired) electrons. The molecule has 1 atom stereocenters. The van der Waals surface area contributed by atoms with Crippen molar-refractivity contribution in [3.05, 3.63) is 29.8 Å². The number of hydrogen-bond acceptors (Lipinski definition) is 4. The van der Waals surface area contributed by atoms with Crippen molar-refractivity contribution in [2.45, 2.75) is 57.5 Å². The van der Waals surface area contributed by atoms with Crippen LogP contribution in [0.5, 0.6) is 0 Å². The Balaban J connectivity index is 1.35. The van der Waals surface area contributed by atoms with Crippen molar-refractivity contribution < 1.29 is 19.2 Å². The van der Waals surface area contributed by atoms with E-state index in [0.717, 1.165) is 25.7 Å². The summed E-state index contributed by atoms with van der Waals surface area (Å²) in [6, 6.07) is 7.03. The molecular formula is C23H30N4O4. The zero-order chi connectivity index (χ0) is 22.0. The smallest absolute Gasteiger partial charge is 0.258 e. The maximum atomic E-state index is 13.2. The van der Waals surface area contributed by atoms with E-state index in [1.807, 2.05) is 13.0 Å². The van der Waals surface area contributed by atoms with Crippen LogP contribution in [-0.4, -0.2) is 53.8 Å². The van der Waals surface area contributed by atoms with Gasteiger partial charge in [0.15, 0.2) is 0 Å². The molecule has 31 heavy (non-hydrogen) atoms. The minimum atomic E-state index is -0.852. The minimum Gasteiger partial charge on any atom is -0.354 e. The van der Waals surface area contributed by atoms with Gasteiger partial charge in [0.25, 0.3) is 5.91 Å². The van der Waals surface area contributed by atoms with Gasteiger partial charge in [-0.25, -0.2) is 0 Å². The lowest BCUT2D eigenvalue weighted by molar-refractivity contribution is -0.126. The number of carbonyl (C=O) groups is 4. The average Bonchev–Trinajstić information content (AvgIpc) is 3.10. The molecule has 2 N–H and O–H groups in total. The topological polar surface area (TPSA) is 98.8 Å². The highest BCUT2D eigenvalue weighted by Crippen LogP contribution is 2.43. The lowest BCUT2D eigenvalue weighted by Gasteiger charge is -2.48. The fourth-order valence-corrected chi connectivity index (χ4v) is 5.04. The molecule has 4 amide bonds. The molecule has 1 aromatic carbocycles. The van der Waals surface area contributed by atoms with E-state index in [2.05, 4.69) is 10.6 Å². The van der Waals surface area contributed by atoms with Crippen LogP contribution >= 0.6 is 0 Å². The summed E-state index contributed by atoms with van der Waals surface area (Å²) in [7, 11) is 0. The van der Waals surface area contributed by atoms with E-state index in [9.17, 15) is 19.2 Å². The average molecular weight is 427 g/mol. The number of nitrogens with zero attached hydrogens (tertiary/aromatic N) is 2. The Bertz CT molecular complexity index is 895. The Morgan fingerprint density at radius 2 is 1.77 bits per heavy atom. The molecule has 3 aliphatic rings. The lowest BCUT2D eigenvalue weighted by atomic mass is 9.89. The molecule has 2 fully saturated rings. The van der Waals surface area contributed by atoms with Gasteiger partial charge in [0.05, 0.1) is 11.3 Å². The fraction of sp³-hybridized carbons (Fsp3) is 0.565. The maximum absolute atomic E-state index is 13.2. The molecule has 1 saturated heterocycles. The quantitative estimate of drug-likeness (QED) is 0.678. The second-order valence-corrected chi connectivity index (χ2v) is 8.83. The van der Waals surface area contributed by atoms with Crippen LogP contribution in [0.15, 0.2) is 24.3 Å². The largest absolute Gasteiger partial charge is 0.354 e. The molecule has 2 aliphatic heterocycles. The molecule has 2 heterocycles. The van der Waals surface area contributed by atoms with Crippen molar-refractivity contribution in [1.29, 1.82) is 0 Å². The van der Waals surface area contributed by atoms with Crippen molar-refractivity contribution in [3.8, 4) is 0 Å². The third-order valence-corrected chi connectivity index (χ3v) is 6.77. The van der Waals surface area contributed by atoms with Crippen LogP contribution in [-0.2, 0) is 14.4 Å². The molecule has 0 bridgehead atoms. The number of amides is 4. The van der Waals surface area contributed by atoms with E-state index < -0.39 is 5.66 Å². The first-order valence-electron chi connectivity index (χ1n) is 11.2. The first-order valence-corrected chi connectivity index (χ1v) is 11.2. The van der Waals surface area contributed by atoms with Gasteiger partial charge in [-0.1, -0.05) is 31.4 Å². The molecule has 0 spiro atoms. The van der Waals surface area contributed by atoms with E-state index in [4.69, 9.17) is 0 Å². The summed E-state index contributed by atoms with van der Waals surface area (Å²) in [4.78, 5) is 53.7. The zero-order valence-corrected chi connectivity index (χ0v) is 18.0. The predicted molar refractivity (Wildman–Crippen MR) is 115 cm³/mol. The van der Waals surface area contributed by atoms with E-state index in [1.54, 1.807) is 23.1 Å². The van der Waals surface area contributed by atoms with Crippen LogP contribution in [0, 0.1) is 5.92 Å². The Labute approximate surface area is 182 Å². The lowest BCUT2D eigenvalue weighted by Crippen LogP contribution is -2.64. The first-order chi connectivity index (χ1) is 14.9. The predicted octanol–water partition coefficient (Wildman–Crippen LogP) is 1.80. The molecule has 4 rings (SSSR count). The van der Waals surface area contributed by atoms with Crippen LogP contribution in [0.25, 0.3) is 0 Å². The normalized spacial score (nSPS) is 23.4. The van der Waals surface area contributed by atoms with Gasteiger partial charge < -0.3 is 15.5 Å². The third kappa shape index (κ3) is 4.03. The number of para-hydroxylation sites is 1. The molecule has 8 heteroatoms. The second kappa shape index (κ2) is 8.69. The molecule has 166 valence electrons. The van der Waals surface area contributed by atoms with Crippen molar-refractivity contribution in [1.82, 2.24) is 15.5 Å². The second-order valence-electron chi connectivity index (χ2n) is 8.83. The maximum Gasteiger partial charge on any atom is 0.258 e. The zero-order valence-electron chi connectivity index (χ0n) is 18.0. The van der Waals surface area contributed by atoms with Crippen molar-refractivity contribution in [3.63, 3.8) is 0 Å². The minimum absolute atomic E-state index is 0.0433. The fourth-order valence-electron chi connectivity index (χ4n) is 5.04. The summed E-state index contributed by atoms with van der Waals surface area (Å²) in [5, 5.41) is 5.69. The summed E-state index contributed by atoms with van der Waals surface area (Å²) >= 11 is 0. The summed E-state index contributed by atoms with van der Waals surface area (Å²) in [6.07, 6.45) is 6.08. The number of rotatable bonds is 6. The van der Waals surface area contributed by atoms with E-state index in [0.29, 0.717) is 37.2 Å². The highest BCUT2D eigenvalue weighted by molar-refractivity contribution is 6.11. The van der Waals surface area contributed by atoms with Gasteiger partial charge in [-0.3, -0.25) is 24.1 Å². The molecule has 1 unspecified atom stereocenters. The van der Waals surface area contributed by atoms with Crippen molar-refractivity contribution in [2.75, 3.05) is 24.5 Å². The van der Waals surface area contributed by atoms with Gasteiger partial charge in [-0.15, -0.1) is 0 Å². The third-order valence-electron chi connectivity index (χ3n) is 6.77. The SMILES string of the molecule is CC12CCC(=O)N1c1ccccc1C(=O)N2CC(=O)NCCNC(=O)C1CCCCC1. The van der Waals surface area contributed by atoms with E-state index in [1.165, 1.54) is 11.3 Å². The molecule has 1 aliphatic carbocycles. The first kappa shape index (κ1) is 21.3. The molecular weight excluding hydrogens is 396 g/mol. The highest BCUT2D eigenvalue weighted by Gasteiger charge is 2.53. The van der Waals surface area contributed by atoms with Gasteiger partial charge in [0, 0.05) is 25.4 Å². The van der Waals surface area contributed by atoms with Crippen LogP contribution in [0.1, 0.15) is 62.2 Å². The standard InChI is InChI=1S/C23H30N4O4/c1-23-12-11-20(29)27(23)18-10-6-5-9-17(18)22(31)26(23)15-19(28)24-13-14-25-21(30)16-7-3-2-4-8-16/h5-6,9-10,16H,2-4,7-8,11-15H2,1H3,(H,24,28)(H,25,30). The monoisotopic (exact) mass is 426 g/mol. The highest BCUT2D eigenvalue weighted by atomic mass is 16.2. The Hall–Kier alpha value is -2.90. The Morgan fingerprint density at radius 1 is 1.06 bits per heavy atom. The van der Waals surface area contributed by atoms with Crippen LogP contribution in [0.3, 0.4) is 0 Å². The number of benzene rings is 1. The molecule has 1 aromatic rings. The number of anilines is 1. The van der Waals surface area contributed by atoms with Crippen LogP contribution < -0.4 is 15.5 Å². The number of nitrogens with one attached hydrogen (secondary N) is 2. The summed E-state index contributed by atoms with van der Waals surface area (Å²) < 4.78 is 0. The van der Waals surface area contributed by atoms with Crippen molar-refractivity contribution in [2.24, 2.45) is 5.92 Å². The van der Waals surface area contributed by atoms with Gasteiger partial charge in [-0.05, 0) is 38.3 Å². The number of hydrogen-bond donors (Lipinski definition) is 2. The van der Waals surface area contributed by atoms with Crippen LogP contribution in [0.2, 0.25) is 0 Å². The summed E-state index contributed by atoms with van der Waals surface area (Å²) in [6.45, 7) is 2.36. The Morgan fingerprint density at radius 3 is 2.55 bits per heavy atom. The van der Waals surface area contributed by atoms with E-state index in [-0.39, 0.29) is 36.1 Å². The molecule has 0 aromatic heterocycles. The Kier molecular flexibility index (Phi) is 5.98. The van der Waals surface area contributed by atoms with Gasteiger partial charge in [-0.2, -0.15) is 0 Å². The van der Waals surface area contributed by atoms with Gasteiger partial charge in [0.2, 0.25) is 17.7 Å². The van der Waals surface area contributed by atoms with Crippen molar-refractivity contribution >= 4 is 29.3 Å². The van der Waals surface area contributed by atoms with E-state index >= 15 is 0 Å².